The number of amides is 1. The minimum Gasteiger partial charge on any atom is -0.389 e. The third-order valence-corrected chi connectivity index (χ3v) is 3.68. The Balaban J connectivity index is 2.24. The van der Waals surface area contributed by atoms with Gasteiger partial charge in [-0.2, -0.15) is 0 Å². The van der Waals surface area contributed by atoms with Gasteiger partial charge in [-0.1, -0.05) is 42.2 Å². The fraction of sp³-hybridized carbons (Fsp3) is 0.231. The quantitative estimate of drug-likeness (QED) is 0.829. The van der Waals surface area contributed by atoms with Gasteiger partial charge in [-0.05, 0) is 30.1 Å². The molecule has 0 radical (unpaired) electrons. The van der Waals surface area contributed by atoms with Gasteiger partial charge in [0.2, 0.25) is 0 Å². The van der Waals surface area contributed by atoms with Crippen molar-refractivity contribution < 1.29 is 4.79 Å². The Labute approximate surface area is 126 Å². The van der Waals surface area contributed by atoms with Crippen molar-refractivity contribution in [1.82, 2.24) is 9.59 Å². The predicted molar refractivity (Wildman–Crippen MR) is 84.2 cm³/mol. The molecule has 7 heteroatoms. The van der Waals surface area contributed by atoms with Crippen molar-refractivity contribution in [2.75, 3.05) is 5.32 Å². The van der Waals surface area contributed by atoms with Gasteiger partial charge in [-0.15, -0.1) is 5.10 Å². The second kappa shape index (κ2) is 6.53. The molecule has 2 rings (SSSR count). The first-order valence-electron chi connectivity index (χ1n) is 6.15. The first-order chi connectivity index (χ1) is 9.63. The number of para-hydroxylation sites is 1. The highest BCUT2D eigenvalue weighted by Crippen LogP contribution is 2.19. The summed E-state index contributed by atoms with van der Waals surface area (Å²) in [6, 6.07) is 7.17. The van der Waals surface area contributed by atoms with Gasteiger partial charge in [0, 0.05) is 5.56 Å². The number of benzene rings is 1. The molecule has 2 aromatic rings. The largest absolute Gasteiger partial charge is 0.389 e. The Morgan fingerprint density at radius 3 is 2.90 bits per heavy atom. The van der Waals surface area contributed by atoms with Crippen molar-refractivity contribution in [3.05, 3.63) is 40.4 Å². The minimum atomic E-state index is -0.229. The molecule has 0 saturated heterocycles. The summed E-state index contributed by atoms with van der Waals surface area (Å²) >= 11 is 6.07. The Kier molecular flexibility index (Phi) is 4.75. The Morgan fingerprint density at radius 2 is 2.20 bits per heavy atom. The Morgan fingerprint density at radius 1 is 1.45 bits per heavy atom. The predicted octanol–water partition coefficient (Wildman–Crippen LogP) is 2.38. The molecule has 1 aromatic carbocycles. The zero-order chi connectivity index (χ0) is 14.5. The molecule has 0 fully saturated rings. The first kappa shape index (κ1) is 14.5. The van der Waals surface area contributed by atoms with E-state index in [-0.39, 0.29) is 10.9 Å². The van der Waals surface area contributed by atoms with E-state index in [2.05, 4.69) is 14.9 Å². The van der Waals surface area contributed by atoms with Gasteiger partial charge in [0.15, 0.2) is 0 Å². The number of nitrogens with one attached hydrogen (secondary N) is 1. The fourth-order valence-electron chi connectivity index (χ4n) is 1.77. The Hall–Kier alpha value is -1.86. The SMILES string of the molecule is CCCc1nnsc1C(=O)Nc1ccccc1C(N)=S. The molecular formula is C13H14N4OS2. The van der Waals surface area contributed by atoms with Crippen LogP contribution in [0.2, 0.25) is 0 Å². The summed E-state index contributed by atoms with van der Waals surface area (Å²) in [5.41, 5.74) is 7.61. The average Bonchev–Trinajstić information content (AvgIpc) is 2.88. The monoisotopic (exact) mass is 306 g/mol. The van der Waals surface area contributed by atoms with Crippen molar-refractivity contribution in [3.63, 3.8) is 0 Å². The maximum absolute atomic E-state index is 12.3. The van der Waals surface area contributed by atoms with Crippen LogP contribution in [0.25, 0.3) is 0 Å². The van der Waals surface area contributed by atoms with Crippen molar-refractivity contribution >= 4 is 40.3 Å². The lowest BCUT2D eigenvalue weighted by molar-refractivity contribution is 0.102. The molecule has 3 N–H and O–H groups in total. The fourth-order valence-corrected chi connectivity index (χ4v) is 2.55. The average molecular weight is 306 g/mol. The highest BCUT2D eigenvalue weighted by Gasteiger charge is 2.17. The van der Waals surface area contributed by atoms with E-state index in [4.69, 9.17) is 18.0 Å². The lowest BCUT2D eigenvalue weighted by Crippen LogP contribution is -2.17. The number of carbonyl (C=O) groups is 1. The molecule has 0 aliphatic carbocycles. The van der Waals surface area contributed by atoms with Crippen LogP contribution in [-0.4, -0.2) is 20.5 Å². The summed E-state index contributed by atoms with van der Waals surface area (Å²) in [5.74, 6) is -0.229. The molecule has 0 unspecified atom stereocenters. The second-order valence-corrected chi connectivity index (χ2v) is 5.36. The van der Waals surface area contributed by atoms with Gasteiger partial charge in [0.25, 0.3) is 5.91 Å². The molecule has 0 aliphatic rings. The number of rotatable bonds is 5. The number of aromatic nitrogens is 2. The van der Waals surface area contributed by atoms with Gasteiger partial charge >= 0.3 is 0 Å². The molecule has 0 saturated carbocycles. The lowest BCUT2D eigenvalue weighted by Gasteiger charge is -2.09. The van der Waals surface area contributed by atoms with E-state index < -0.39 is 0 Å². The first-order valence-corrected chi connectivity index (χ1v) is 7.33. The van der Waals surface area contributed by atoms with Crippen LogP contribution < -0.4 is 11.1 Å². The summed E-state index contributed by atoms with van der Waals surface area (Å²) in [7, 11) is 0. The van der Waals surface area contributed by atoms with Gasteiger partial charge < -0.3 is 11.1 Å². The van der Waals surface area contributed by atoms with Crippen LogP contribution in [0.3, 0.4) is 0 Å². The summed E-state index contributed by atoms with van der Waals surface area (Å²) in [6.45, 7) is 2.03. The summed E-state index contributed by atoms with van der Waals surface area (Å²) in [5, 5.41) is 6.80. The van der Waals surface area contributed by atoms with Gasteiger partial charge in [0.05, 0.1) is 11.4 Å². The normalized spacial score (nSPS) is 10.2. The highest BCUT2D eigenvalue weighted by atomic mass is 32.1. The number of hydrogen-bond acceptors (Lipinski definition) is 5. The molecule has 0 atom stereocenters. The van der Waals surface area contributed by atoms with E-state index >= 15 is 0 Å². The van der Waals surface area contributed by atoms with Gasteiger partial charge in [-0.3, -0.25) is 4.79 Å². The number of thiocarbonyl (C=S) groups is 1. The molecule has 1 heterocycles. The molecule has 5 nitrogen and oxygen atoms in total. The minimum absolute atomic E-state index is 0.229. The summed E-state index contributed by atoms with van der Waals surface area (Å²) < 4.78 is 3.84. The zero-order valence-electron chi connectivity index (χ0n) is 10.9. The molecule has 0 spiro atoms. The number of nitrogens with two attached hydrogens (primary N) is 1. The smallest absolute Gasteiger partial charge is 0.269 e. The molecule has 20 heavy (non-hydrogen) atoms. The van der Waals surface area contributed by atoms with E-state index in [0.717, 1.165) is 30.1 Å². The maximum Gasteiger partial charge on any atom is 0.269 e. The van der Waals surface area contributed by atoms with Crippen LogP contribution in [0, 0.1) is 0 Å². The number of aryl methyl sites for hydroxylation is 1. The van der Waals surface area contributed by atoms with Crippen molar-refractivity contribution in [1.29, 1.82) is 0 Å². The van der Waals surface area contributed by atoms with E-state index in [1.54, 1.807) is 12.1 Å². The number of hydrogen-bond donors (Lipinski definition) is 2. The molecule has 0 bridgehead atoms. The number of nitrogens with zero attached hydrogens (tertiary/aromatic N) is 2. The van der Waals surface area contributed by atoms with Gasteiger partial charge in [-0.25, -0.2) is 0 Å². The van der Waals surface area contributed by atoms with Crippen LogP contribution in [0.5, 0.6) is 0 Å². The maximum atomic E-state index is 12.3. The number of carbonyl (C=O) groups excluding carboxylic acids is 1. The van der Waals surface area contributed by atoms with E-state index in [1.165, 1.54) is 0 Å². The van der Waals surface area contributed by atoms with E-state index in [0.29, 0.717) is 16.1 Å². The highest BCUT2D eigenvalue weighted by molar-refractivity contribution is 7.80. The standard InChI is InChI=1S/C13H14N4OS2/c1-2-5-10-11(20-17-16-10)13(18)15-9-7-4-3-6-8(9)12(14)19/h3-4,6-7H,2,5H2,1H3,(H2,14,19)(H,15,18). The topological polar surface area (TPSA) is 80.9 Å². The summed E-state index contributed by atoms with van der Waals surface area (Å²) in [6.07, 6.45) is 1.64. The van der Waals surface area contributed by atoms with Crippen molar-refractivity contribution in [3.8, 4) is 0 Å². The van der Waals surface area contributed by atoms with Crippen LogP contribution in [0.4, 0.5) is 5.69 Å². The lowest BCUT2D eigenvalue weighted by atomic mass is 10.1. The van der Waals surface area contributed by atoms with E-state index in [1.807, 2.05) is 19.1 Å². The van der Waals surface area contributed by atoms with Gasteiger partial charge in [0.1, 0.15) is 9.87 Å². The molecule has 104 valence electrons. The second-order valence-electron chi connectivity index (χ2n) is 4.16. The molecule has 1 aromatic heterocycles. The van der Waals surface area contributed by atoms with Crippen molar-refractivity contribution in [2.45, 2.75) is 19.8 Å². The molecule has 1 amide bonds. The van der Waals surface area contributed by atoms with Crippen molar-refractivity contribution in [2.24, 2.45) is 5.73 Å². The third kappa shape index (κ3) is 3.17. The molecular weight excluding hydrogens is 292 g/mol. The number of anilines is 1. The summed E-state index contributed by atoms with van der Waals surface area (Å²) in [4.78, 5) is 13.1. The Bertz CT molecular complexity index is 639. The van der Waals surface area contributed by atoms with Crippen LogP contribution in [0.15, 0.2) is 24.3 Å². The van der Waals surface area contributed by atoms with Crippen LogP contribution in [0.1, 0.15) is 34.3 Å². The van der Waals surface area contributed by atoms with Crippen LogP contribution in [-0.2, 0) is 6.42 Å². The van der Waals surface area contributed by atoms with Crippen LogP contribution >= 0.6 is 23.8 Å². The van der Waals surface area contributed by atoms with E-state index in [9.17, 15) is 4.79 Å². The third-order valence-electron chi connectivity index (χ3n) is 2.69. The molecule has 0 aliphatic heterocycles. The zero-order valence-corrected chi connectivity index (χ0v) is 12.6.